The molecule has 0 fully saturated rings. The van der Waals surface area contributed by atoms with Crippen molar-refractivity contribution in [1.82, 2.24) is 0 Å². The minimum absolute atomic E-state index is 0.0813. The lowest BCUT2D eigenvalue weighted by molar-refractivity contribution is 0.0914. The minimum Gasteiger partial charge on any atom is -0.293 e. The fraction of sp³-hybridized carbons (Fsp3) is 0.0476. The van der Waals surface area contributed by atoms with Gasteiger partial charge in [0.1, 0.15) is 6.04 Å². The zero-order chi connectivity index (χ0) is 17.4. The first kappa shape index (κ1) is 15.6. The quantitative estimate of drug-likeness (QED) is 0.659. The van der Waals surface area contributed by atoms with Gasteiger partial charge >= 0.3 is 0 Å². The Bertz CT molecular complexity index is 968. The number of carbonyl (C=O) groups excluding carboxylic acids is 2. The van der Waals surface area contributed by atoms with Gasteiger partial charge in [0.05, 0.1) is 16.3 Å². The zero-order valence-electron chi connectivity index (χ0n) is 13.2. The van der Waals surface area contributed by atoms with Crippen molar-refractivity contribution in [1.29, 1.82) is 0 Å². The van der Waals surface area contributed by atoms with Crippen molar-refractivity contribution in [3.8, 4) is 0 Å². The first-order valence-electron chi connectivity index (χ1n) is 7.95. The Morgan fingerprint density at radius 3 is 2.24 bits per heavy atom. The van der Waals surface area contributed by atoms with E-state index in [9.17, 15) is 9.59 Å². The highest BCUT2D eigenvalue weighted by Crippen LogP contribution is 2.41. The predicted molar refractivity (Wildman–Crippen MR) is 98.2 cm³/mol. The molecule has 1 heterocycles. The summed E-state index contributed by atoms with van der Waals surface area (Å²) in [6.45, 7) is 0. The second-order valence-electron chi connectivity index (χ2n) is 5.85. The van der Waals surface area contributed by atoms with Crippen LogP contribution in [-0.4, -0.2) is 11.7 Å². The summed E-state index contributed by atoms with van der Waals surface area (Å²) in [5.74, 6) is -0.361. The maximum atomic E-state index is 13.2. The lowest BCUT2D eigenvalue weighted by atomic mass is 10.0. The van der Waals surface area contributed by atoms with Crippen LogP contribution >= 0.6 is 11.6 Å². The minimum atomic E-state index is -0.678. The summed E-state index contributed by atoms with van der Waals surface area (Å²) >= 11 is 6.22. The lowest BCUT2D eigenvalue weighted by Gasteiger charge is -2.25. The molecule has 3 aromatic rings. The number of nitrogens with zero attached hydrogens (tertiary/aromatic N) is 1. The van der Waals surface area contributed by atoms with Crippen LogP contribution in [0.25, 0.3) is 0 Å². The van der Waals surface area contributed by atoms with Crippen LogP contribution < -0.4 is 4.90 Å². The average molecular weight is 348 g/mol. The molecule has 0 bridgehead atoms. The summed E-state index contributed by atoms with van der Waals surface area (Å²) in [5.41, 5.74) is 2.33. The normalized spacial score (nSPS) is 16.0. The van der Waals surface area contributed by atoms with Gasteiger partial charge in [0.25, 0.3) is 5.91 Å². The highest BCUT2D eigenvalue weighted by Gasteiger charge is 2.42. The van der Waals surface area contributed by atoms with Crippen molar-refractivity contribution in [2.45, 2.75) is 6.04 Å². The molecule has 122 valence electrons. The second-order valence-corrected chi connectivity index (χ2v) is 6.26. The van der Waals surface area contributed by atoms with Crippen molar-refractivity contribution >= 4 is 29.0 Å². The molecule has 1 atom stereocenters. The molecule has 0 aliphatic carbocycles. The van der Waals surface area contributed by atoms with Crippen LogP contribution in [0.15, 0.2) is 78.9 Å². The third-order valence-electron chi connectivity index (χ3n) is 4.37. The summed E-state index contributed by atoms with van der Waals surface area (Å²) in [4.78, 5) is 27.8. The smallest absolute Gasteiger partial charge is 0.260 e. The number of Topliss-reactive ketones (excluding diaryl/α,β-unsaturated/α-hetero) is 1. The summed E-state index contributed by atoms with van der Waals surface area (Å²) in [7, 11) is 0. The number of halogens is 1. The number of hydrogen-bond acceptors (Lipinski definition) is 2. The first-order valence-corrected chi connectivity index (χ1v) is 8.32. The number of rotatable bonds is 2. The fourth-order valence-corrected chi connectivity index (χ4v) is 3.44. The maximum Gasteiger partial charge on any atom is 0.260 e. The van der Waals surface area contributed by atoms with Crippen molar-refractivity contribution in [3.05, 3.63) is 101 Å². The van der Waals surface area contributed by atoms with Crippen molar-refractivity contribution in [2.24, 2.45) is 0 Å². The van der Waals surface area contributed by atoms with Gasteiger partial charge in [0, 0.05) is 5.56 Å². The Morgan fingerprint density at radius 1 is 0.840 bits per heavy atom. The van der Waals surface area contributed by atoms with Gasteiger partial charge in [0.15, 0.2) is 5.78 Å². The van der Waals surface area contributed by atoms with Gasteiger partial charge in [-0.15, -0.1) is 0 Å². The molecule has 0 saturated carbocycles. The van der Waals surface area contributed by atoms with Gasteiger partial charge in [-0.3, -0.25) is 14.5 Å². The molecular formula is C21H14ClNO2. The Morgan fingerprint density at radius 2 is 1.48 bits per heavy atom. The molecule has 3 nitrogen and oxygen atoms in total. The van der Waals surface area contributed by atoms with Crippen LogP contribution in [0.3, 0.4) is 0 Å². The molecule has 0 saturated heterocycles. The Balaban J connectivity index is 1.89. The first-order chi connectivity index (χ1) is 12.2. The summed E-state index contributed by atoms with van der Waals surface area (Å²) in [5, 5.41) is 0.371. The Labute approximate surface area is 150 Å². The van der Waals surface area contributed by atoms with Gasteiger partial charge in [0.2, 0.25) is 0 Å². The number of hydrogen-bond donors (Lipinski definition) is 0. The van der Waals surface area contributed by atoms with E-state index in [1.807, 2.05) is 42.5 Å². The van der Waals surface area contributed by atoms with Crippen molar-refractivity contribution in [3.63, 3.8) is 0 Å². The van der Waals surface area contributed by atoms with Gasteiger partial charge in [-0.25, -0.2) is 0 Å². The van der Waals surface area contributed by atoms with Crippen LogP contribution in [-0.2, 0) is 0 Å². The molecule has 0 aromatic heterocycles. The average Bonchev–Trinajstić information content (AvgIpc) is 2.95. The highest BCUT2D eigenvalue weighted by molar-refractivity contribution is 6.35. The molecular weight excluding hydrogens is 334 g/mol. The number of para-hydroxylation sites is 1. The van der Waals surface area contributed by atoms with Gasteiger partial charge < -0.3 is 0 Å². The van der Waals surface area contributed by atoms with E-state index in [-0.39, 0.29) is 11.7 Å². The summed E-state index contributed by atoms with van der Waals surface area (Å²) in [6, 6.07) is 22.7. The van der Waals surface area contributed by atoms with E-state index < -0.39 is 6.04 Å². The van der Waals surface area contributed by atoms with E-state index in [0.29, 0.717) is 21.8 Å². The third kappa shape index (κ3) is 2.53. The van der Waals surface area contributed by atoms with E-state index in [4.69, 9.17) is 11.6 Å². The molecule has 0 N–H and O–H groups in total. The summed E-state index contributed by atoms with van der Waals surface area (Å²) in [6.07, 6.45) is 0. The Kier molecular flexibility index (Phi) is 3.86. The summed E-state index contributed by atoms with van der Waals surface area (Å²) < 4.78 is 0. The van der Waals surface area contributed by atoms with Gasteiger partial charge in [-0.05, 0) is 29.8 Å². The zero-order valence-corrected chi connectivity index (χ0v) is 14.0. The Hall–Kier alpha value is -2.91. The molecule has 0 radical (unpaired) electrons. The fourth-order valence-electron chi connectivity index (χ4n) is 3.22. The topological polar surface area (TPSA) is 37.4 Å². The van der Waals surface area contributed by atoms with E-state index in [1.165, 1.54) is 0 Å². The number of carbonyl (C=O) groups is 2. The number of anilines is 1. The van der Waals surface area contributed by atoms with Gasteiger partial charge in [-0.2, -0.15) is 0 Å². The largest absolute Gasteiger partial charge is 0.293 e. The molecule has 3 aromatic carbocycles. The molecule has 4 heteroatoms. The highest BCUT2D eigenvalue weighted by atomic mass is 35.5. The number of ketones is 1. The molecule has 1 amide bonds. The van der Waals surface area contributed by atoms with Crippen molar-refractivity contribution in [2.75, 3.05) is 4.90 Å². The van der Waals surface area contributed by atoms with E-state index in [0.717, 1.165) is 5.56 Å². The van der Waals surface area contributed by atoms with Crippen molar-refractivity contribution < 1.29 is 9.59 Å². The third-order valence-corrected chi connectivity index (χ3v) is 4.70. The SMILES string of the molecule is O=C1c2ccccc2N(C(=O)c2ccccc2Cl)[C@@H]1c1ccccc1. The molecule has 0 spiro atoms. The van der Waals surface area contributed by atoms with E-state index in [2.05, 4.69) is 0 Å². The van der Waals surface area contributed by atoms with Crippen LogP contribution in [0.5, 0.6) is 0 Å². The second kappa shape index (κ2) is 6.19. The molecule has 0 unspecified atom stereocenters. The monoisotopic (exact) mass is 347 g/mol. The lowest BCUT2D eigenvalue weighted by Crippen LogP contribution is -2.34. The molecule has 4 rings (SSSR count). The van der Waals surface area contributed by atoms with Crippen LogP contribution in [0, 0.1) is 0 Å². The standard InChI is InChI=1S/C21H14ClNO2/c22-17-12-6-4-10-15(17)21(25)23-18-13-7-5-11-16(18)20(24)19(23)14-8-2-1-3-9-14/h1-13,19H/t19-/m1/s1. The number of benzene rings is 3. The maximum absolute atomic E-state index is 13.2. The molecule has 25 heavy (non-hydrogen) atoms. The number of fused-ring (bicyclic) bond motifs is 1. The molecule has 1 aliphatic rings. The van der Waals surface area contributed by atoms with Crippen LogP contribution in [0.2, 0.25) is 5.02 Å². The predicted octanol–water partition coefficient (Wildman–Crippen LogP) is 4.92. The van der Waals surface area contributed by atoms with Crippen LogP contribution in [0.4, 0.5) is 5.69 Å². The van der Waals surface area contributed by atoms with E-state index >= 15 is 0 Å². The van der Waals surface area contributed by atoms with Gasteiger partial charge in [-0.1, -0.05) is 66.2 Å². The van der Waals surface area contributed by atoms with Crippen LogP contribution in [0.1, 0.15) is 32.3 Å². The number of amides is 1. The van der Waals surface area contributed by atoms with E-state index in [1.54, 1.807) is 41.3 Å². The molecule has 1 aliphatic heterocycles.